The molecule has 1 aromatic heterocycles. The summed E-state index contributed by atoms with van der Waals surface area (Å²) in [6, 6.07) is 15.4. The topological polar surface area (TPSA) is 58.9 Å². The lowest BCUT2D eigenvalue weighted by Crippen LogP contribution is -2.12. The molecule has 0 spiro atoms. The lowest BCUT2D eigenvalue weighted by Gasteiger charge is -2.12. The number of carbonyl (C=O) groups excluding carboxylic acids is 1. The zero-order valence-electron chi connectivity index (χ0n) is 14.4. The predicted molar refractivity (Wildman–Crippen MR) is 109 cm³/mol. The normalized spacial score (nSPS) is 11.8. The van der Waals surface area contributed by atoms with Crippen LogP contribution in [-0.4, -0.2) is 21.9 Å². The molecular weight excluding hydrogens is 368 g/mol. The van der Waals surface area contributed by atoms with Gasteiger partial charge in [0.25, 0.3) is 5.91 Å². The van der Waals surface area contributed by atoms with Crippen molar-refractivity contribution < 1.29 is 4.79 Å². The van der Waals surface area contributed by atoms with Crippen LogP contribution in [0.15, 0.2) is 60.9 Å². The van der Waals surface area contributed by atoms with Gasteiger partial charge in [-0.15, -0.1) is 0 Å². The lowest BCUT2D eigenvalue weighted by molar-refractivity contribution is 0.102. The molecule has 0 aliphatic carbocycles. The van der Waals surface area contributed by atoms with E-state index in [0.29, 0.717) is 16.3 Å². The monoisotopic (exact) mass is 386 g/mol. The summed E-state index contributed by atoms with van der Waals surface area (Å²) in [7, 11) is 0. The average Bonchev–Trinajstić information content (AvgIpc) is 3.12. The molecule has 3 rings (SSSR count). The average molecular weight is 387 g/mol. The van der Waals surface area contributed by atoms with Gasteiger partial charge in [-0.3, -0.25) is 9.48 Å². The lowest BCUT2D eigenvalue weighted by atomic mass is 10.1. The van der Waals surface area contributed by atoms with Crippen LogP contribution in [0.3, 0.4) is 0 Å². The summed E-state index contributed by atoms with van der Waals surface area (Å²) in [6.45, 7) is 2.04. The number of halogens is 1. The first-order chi connectivity index (χ1) is 12.6. The molecule has 134 valence electrons. The molecule has 2 N–H and O–H groups in total. The van der Waals surface area contributed by atoms with Crippen molar-refractivity contribution in [3.63, 3.8) is 0 Å². The highest BCUT2D eigenvalue weighted by atomic mass is 35.5. The second-order valence-electron chi connectivity index (χ2n) is 5.78. The summed E-state index contributed by atoms with van der Waals surface area (Å²) in [5.74, 6) is -0.228. The SMILES string of the molecule is CSNc1cc(Cl)cc(NC(=O)c2cnn(C(C)c3ccccc3)c2)c1. The molecular formula is C19H19ClN4OS. The van der Waals surface area contributed by atoms with E-state index >= 15 is 0 Å². The minimum Gasteiger partial charge on any atom is -0.330 e. The molecule has 7 heteroatoms. The van der Waals surface area contributed by atoms with E-state index in [4.69, 9.17) is 11.6 Å². The van der Waals surface area contributed by atoms with E-state index in [0.717, 1.165) is 11.3 Å². The van der Waals surface area contributed by atoms with Crippen molar-refractivity contribution in [1.29, 1.82) is 0 Å². The Hall–Kier alpha value is -2.44. The first-order valence-electron chi connectivity index (χ1n) is 8.07. The summed E-state index contributed by atoms with van der Waals surface area (Å²) in [5.41, 5.74) is 3.08. The summed E-state index contributed by atoms with van der Waals surface area (Å²) >= 11 is 7.57. The molecule has 1 unspecified atom stereocenters. The number of nitrogens with zero attached hydrogens (tertiary/aromatic N) is 2. The molecule has 3 aromatic rings. The van der Waals surface area contributed by atoms with Crippen molar-refractivity contribution in [2.45, 2.75) is 13.0 Å². The molecule has 0 aliphatic heterocycles. The number of hydrogen-bond donors (Lipinski definition) is 2. The maximum Gasteiger partial charge on any atom is 0.258 e. The number of anilines is 2. The van der Waals surface area contributed by atoms with Crippen LogP contribution >= 0.6 is 23.5 Å². The van der Waals surface area contributed by atoms with Crippen LogP contribution in [0, 0.1) is 0 Å². The molecule has 0 fully saturated rings. The molecule has 1 atom stereocenters. The number of nitrogens with one attached hydrogen (secondary N) is 2. The van der Waals surface area contributed by atoms with Crippen LogP contribution < -0.4 is 10.0 Å². The fraction of sp³-hybridized carbons (Fsp3) is 0.158. The molecule has 1 heterocycles. The van der Waals surface area contributed by atoms with Crippen molar-refractivity contribution in [2.24, 2.45) is 0 Å². The quantitative estimate of drug-likeness (QED) is 0.579. The Labute approximate surface area is 161 Å². The van der Waals surface area contributed by atoms with Gasteiger partial charge in [-0.2, -0.15) is 5.10 Å². The Balaban J connectivity index is 1.74. The van der Waals surface area contributed by atoms with E-state index < -0.39 is 0 Å². The maximum absolute atomic E-state index is 12.5. The van der Waals surface area contributed by atoms with E-state index in [1.54, 1.807) is 29.2 Å². The predicted octanol–water partition coefficient (Wildman–Crippen LogP) is 5.09. The van der Waals surface area contributed by atoms with E-state index in [1.165, 1.54) is 11.9 Å². The van der Waals surface area contributed by atoms with E-state index in [1.807, 2.05) is 49.6 Å². The van der Waals surface area contributed by atoms with Crippen LogP contribution in [-0.2, 0) is 0 Å². The van der Waals surface area contributed by atoms with Crippen LogP contribution in [0.25, 0.3) is 0 Å². The molecule has 0 bridgehead atoms. The van der Waals surface area contributed by atoms with Crippen molar-refractivity contribution >= 4 is 40.8 Å². The number of benzene rings is 2. The summed E-state index contributed by atoms with van der Waals surface area (Å²) < 4.78 is 4.88. The van der Waals surface area contributed by atoms with Crippen LogP contribution in [0.5, 0.6) is 0 Å². The molecule has 0 saturated heterocycles. The maximum atomic E-state index is 12.5. The van der Waals surface area contributed by atoms with Gasteiger partial charge in [0.15, 0.2) is 0 Å². The second-order valence-corrected chi connectivity index (χ2v) is 6.83. The zero-order chi connectivity index (χ0) is 18.5. The molecule has 0 aliphatic rings. The third-order valence-corrected chi connectivity index (χ3v) is 4.58. The van der Waals surface area contributed by atoms with Crippen LogP contribution in [0.1, 0.15) is 28.9 Å². The van der Waals surface area contributed by atoms with Crippen molar-refractivity contribution in [3.05, 3.63) is 77.1 Å². The van der Waals surface area contributed by atoms with Crippen LogP contribution in [0.2, 0.25) is 5.02 Å². The molecule has 1 amide bonds. The third kappa shape index (κ3) is 4.39. The van der Waals surface area contributed by atoms with Gasteiger partial charge in [0, 0.05) is 28.9 Å². The highest BCUT2D eigenvalue weighted by molar-refractivity contribution is 7.99. The van der Waals surface area contributed by atoms with Gasteiger partial charge in [-0.25, -0.2) is 0 Å². The second kappa shape index (κ2) is 8.29. The fourth-order valence-corrected chi connectivity index (χ4v) is 3.18. The van der Waals surface area contributed by atoms with Gasteiger partial charge in [0.2, 0.25) is 0 Å². The van der Waals surface area contributed by atoms with Gasteiger partial charge in [0.1, 0.15) is 0 Å². The van der Waals surface area contributed by atoms with Gasteiger partial charge < -0.3 is 10.0 Å². The first-order valence-corrected chi connectivity index (χ1v) is 9.67. The van der Waals surface area contributed by atoms with Gasteiger partial charge in [-0.1, -0.05) is 53.9 Å². The Morgan fingerprint density at radius 3 is 2.65 bits per heavy atom. The molecule has 0 saturated carbocycles. The van der Waals surface area contributed by atoms with Gasteiger partial charge >= 0.3 is 0 Å². The Bertz CT molecular complexity index is 898. The fourth-order valence-electron chi connectivity index (χ4n) is 2.59. The smallest absolute Gasteiger partial charge is 0.258 e. The highest BCUT2D eigenvalue weighted by Gasteiger charge is 2.14. The van der Waals surface area contributed by atoms with Gasteiger partial charge in [0.05, 0.1) is 17.8 Å². The zero-order valence-corrected chi connectivity index (χ0v) is 16.0. The first kappa shape index (κ1) is 18.4. The van der Waals surface area contributed by atoms with Crippen molar-refractivity contribution in [1.82, 2.24) is 9.78 Å². The summed E-state index contributed by atoms with van der Waals surface area (Å²) in [4.78, 5) is 12.5. The molecule has 0 radical (unpaired) electrons. The number of rotatable bonds is 6. The highest BCUT2D eigenvalue weighted by Crippen LogP contribution is 2.25. The van der Waals surface area contributed by atoms with Crippen molar-refractivity contribution in [2.75, 3.05) is 16.3 Å². The van der Waals surface area contributed by atoms with E-state index in [9.17, 15) is 4.79 Å². The standard InChI is InChI=1S/C19H19ClN4OS/c1-13(14-6-4-3-5-7-14)24-12-15(11-21-24)19(25)22-17-8-16(20)9-18(10-17)23-26-2/h3-13,23H,1-2H3,(H,22,25). The summed E-state index contributed by atoms with van der Waals surface area (Å²) in [5, 5.41) is 7.75. The van der Waals surface area contributed by atoms with E-state index in [2.05, 4.69) is 15.1 Å². The Kier molecular flexibility index (Phi) is 5.85. The van der Waals surface area contributed by atoms with E-state index in [-0.39, 0.29) is 11.9 Å². The number of carbonyl (C=O) groups is 1. The van der Waals surface area contributed by atoms with Crippen LogP contribution in [0.4, 0.5) is 11.4 Å². The number of aromatic nitrogens is 2. The molecule has 5 nitrogen and oxygen atoms in total. The molecule has 2 aromatic carbocycles. The Morgan fingerprint density at radius 2 is 1.92 bits per heavy atom. The third-order valence-electron chi connectivity index (χ3n) is 3.92. The minimum absolute atomic E-state index is 0.0429. The van der Waals surface area contributed by atoms with Gasteiger partial charge in [-0.05, 0) is 30.7 Å². The number of hydrogen-bond acceptors (Lipinski definition) is 4. The minimum atomic E-state index is -0.228. The Morgan fingerprint density at radius 1 is 1.19 bits per heavy atom. The summed E-state index contributed by atoms with van der Waals surface area (Å²) in [6.07, 6.45) is 5.24. The molecule has 26 heavy (non-hydrogen) atoms. The van der Waals surface area contributed by atoms with Crippen molar-refractivity contribution in [3.8, 4) is 0 Å². The number of amides is 1. The largest absolute Gasteiger partial charge is 0.330 e.